The molecule has 0 saturated carbocycles. The standard InChI is InChI=1S/C21H21N5O3/c1-29-19-8-6-18(7-9-19)26-12-16(10-20(26)27)21(28)24-17-4-2-15(3-5-17)11-25-14-22-13-23-25/h2-9,13-14,16H,10-12H2,1H3,(H,24,28). The van der Waals surface area contributed by atoms with Crippen molar-refractivity contribution in [1.29, 1.82) is 0 Å². The Morgan fingerprint density at radius 2 is 1.93 bits per heavy atom. The third kappa shape index (κ3) is 4.26. The zero-order chi connectivity index (χ0) is 20.2. The summed E-state index contributed by atoms with van der Waals surface area (Å²) in [5.41, 5.74) is 2.52. The lowest BCUT2D eigenvalue weighted by molar-refractivity contribution is -0.122. The molecule has 1 N–H and O–H groups in total. The Bertz CT molecular complexity index is 984. The molecule has 1 aliphatic rings. The minimum absolute atomic E-state index is 0.0569. The predicted octanol–water partition coefficient (Wildman–Crippen LogP) is 2.33. The van der Waals surface area contributed by atoms with E-state index >= 15 is 0 Å². The number of nitrogens with one attached hydrogen (secondary N) is 1. The second kappa shape index (κ2) is 8.14. The van der Waals surface area contributed by atoms with Gasteiger partial charge in [-0.2, -0.15) is 5.10 Å². The van der Waals surface area contributed by atoms with Gasteiger partial charge in [-0.25, -0.2) is 9.67 Å². The van der Waals surface area contributed by atoms with E-state index in [0.717, 1.165) is 17.0 Å². The zero-order valence-electron chi connectivity index (χ0n) is 16.0. The van der Waals surface area contributed by atoms with Gasteiger partial charge >= 0.3 is 0 Å². The summed E-state index contributed by atoms with van der Waals surface area (Å²) < 4.78 is 6.87. The number of ether oxygens (including phenoxy) is 1. The van der Waals surface area contributed by atoms with Gasteiger partial charge in [-0.15, -0.1) is 0 Å². The molecular formula is C21H21N5O3. The number of carbonyl (C=O) groups excluding carboxylic acids is 2. The lowest BCUT2D eigenvalue weighted by Gasteiger charge is -2.17. The Morgan fingerprint density at radius 3 is 2.59 bits per heavy atom. The Hall–Kier alpha value is -3.68. The van der Waals surface area contributed by atoms with Crippen LogP contribution in [0.2, 0.25) is 0 Å². The summed E-state index contributed by atoms with van der Waals surface area (Å²) in [7, 11) is 1.59. The summed E-state index contributed by atoms with van der Waals surface area (Å²) >= 11 is 0. The number of nitrogens with zero attached hydrogens (tertiary/aromatic N) is 4. The number of hydrogen-bond donors (Lipinski definition) is 1. The summed E-state index contributed by atoms with van der Waals surface area (Å²) in [6.07, 6.45) is 3.34. The molecule has 8 heteroatoms. The minimum Gasteiger partial charge on any atom is -0.497 e. The lowest BCUT2D eigenvalue weighted by atomic mass is 10.1. The van der Waals surface area contributed by atoms with Gasteiger partial charge in [0.05, 0.1) is 19.6 Å². The minimum atomic E-state index is -0.389. The fourth-order valence-corrected chi connectivity index (χ4v) is 3.33. The van der Waals surface area contributed by atoms with E-state index in [1.807, 2.05) is 36.4 Å². The van der Waals surface area contributed by atoms with Gasteiger partial charge in [-0.1, -0.05) is 12.1 Å². The fraction of sp³-hybridized carbons (Fsp3) is 0.238. The molecule has 1 saturated heterocycles. The second-order valence-corrected chi connectivity index (χ2v) is 6.88. The molecule has 2 heterocycles. The molecule has 0 radical (unpaired) electrons. The number of carbonyl (C=O) groups is 2. The van der Waals surface area contributed by atoms with Crippen LogP contribution in [0.15, 0.2) is 61.2 Å². The highest BCUT2D eigenvalue weighted by Crippen LogP contribution is 2.27. The smallest absolute Gasteiger partial charge is 0.229 e. The van der Waals surface area contributed by atoms with E-state index in [1.54, 1.807) is 35.2 Å². The van der Waals surface area contributed by atoms with Gasteiger partial charge in [0.1, 0.15) is 18.4 Å². The molecule has 1 unspecified atom stereocenters. The van der Waals surface area contributed by atoms with E-state index in [2.05, 4.69) is 15.4 Å². The molecule has 8 nitrogen and oxygen atoms in total. The molecule has 1 atom stereocenters. The Morgan fingerprint density at radius 1 is 1.17 bits per heavy atom. The number of rotatable bonds is 6. The lowest BCUT2D eigenvalue weighted by Crippen LogP contribution is -2.28. The summed E-state index contributed by atoms with van der Waals surface area (Å²) in [5, 5.41) is 6.98. The van der Waals surface area contributed by atoms with Gasteiger partial charge < -0.3 is 15.0 Å². The van der Waals surface area contributed by atoms with Crippen molar-refractivity contribution < 1.29 is 14.3 Å². The fourth-order valence-electron chi connectivity index (χ4n) is 3.33. The van der Waals surface area contributed by atoms with Gasteiger partial charge in [-0.05, 0) is 42.0 Å². The highest BCUT2D eigenvalue weighted by Gasteiger charge is 2.35. The van der Waals surface area contributed by atoms with Crippen molar-refractivity contribution in [2.75, 3.05) is 23.9 Å². The molecule has 148 valence electrons. The maximum absolute atomic E-state index is 12.6. The van der Waals surface area contributed by atoms with Crippen molar-refractivity contribution in [2.24, 2.45) is 5.92 Å². The summed E-state index contributed by atoms with van der Waals surface area (Å²) in [5.74, 6) is 0.123. The van der Waals surface area contributed by atoms with E-state index in [4.69, 9.17) is 4.74 Å². The van der Waals surface area contributed by atoms with Crippen LogP contribution in [-0.2, 0) is 16.1 Å². The average Bonchev–Trinajstić information content (AvgIpc) is 3.39. The third-order valence-corrected chi connectivity index (χ3v) is 4.91. The number of hydrogen-bond acceptors (Lipinski definition) is 5. The van der Waals surface area contributed by atoms with E-state index in [1.165, 1.54) is 6.33 Å². The molecule has 3 aromatic rings. The third-order valence-electron chi connectivity index (χ3n) is 4.91. The van der Waals surface area contributed by atoms with E-state index < -0.39 is 0 Å². The summed E-state index contributed by atoms with van der Waals surface area (Å²) in [6.45, 7) is 0.976. The zero-order valence-corrected chi connectivity index (χ0v) is 16.0. The topological polar surface area (TPSA) is 89.3 Å². The number of anilines is 2. The van der Waals surface area contributed by atoms with E-state index in [-0.39, 0.29) is 24.2 Å². The highest BCUT2D eigenvalue weighted by atomic mass is 16.5. The summed E-state index contributed by atoms with van der Waals surface area (Å²) in [4.78, 5) is 30.6. The average molecular weight is 391 g/mol. The summed E-state index contributed by atoms with van der Waals surface area (Å²) in [6, 6.07) is 14.8. The van der Waals surface area contributed by atoms with Gasteiger partial charge in [-0.3, -0.25) is 9.59 Å². The molecule has 2 aromatic carbocycles. The van der Waals surface area contributed by atoms with Gasteiger partial charge in [0.2, 0.25) is 11.8 Å². The van der Waals surface area contributed by atoms with Crippen LogP contribution in [-0.4, -0.2) is 40.2 Å². The molecular weight excluding hydrogens is 370 g/mol. The van der Waals surface area contributed by atoms with Crippen LogP contribution in [0.4, 0.5) is 11.4 Å². The molecule has 0 spiro atoms. The monoisotopic (exact) mass is 391 g/mol. The maximum Gasteiger partial charge on any atom is 0.229 e. The maximum atomic E-state index is 12.6. The normalized spacial score (nSPS) is 16.1. The second-order valence-electron chi connectivity index (χ2n) is 6.88. The Kier molecular flexibility index (Phi) is 5.24. The van der Waals surface area contributed by atoms with E-state index in [0.29, 0.717) is 18.8 Å². The van der Waals surface area contributed by atoms with Crippen LogP contribution in [0.1, 0.15) is 12.0 Å². The first-order valence-electron chi connectivity index (χ1n) is 9.29. The quantitative estimate of drug-likeness (QED) is 0.697. The largest absolute Gasteiger partial charge is 0.497 e. The molecule has 2 amide bonds. The SMILES string of the molecule is COc1ccc(N2CC(C(=O)Nc3ccc(Cn4cncn4)cc3)CC2=O)cc1. The molecule has 0 bridgehead atoms. The van der Waals surface area contributed by atoms with Crippen LogP contribution in [0.3, 0.4) is 0 Å². The van der Waals surface area contributed by atoms with Gasteiger partial charge in [0.25, 0.3) is 0 Å². The molecule has 1 aromatic heterocycles. The van der Waals surface area contributed by atoms with Crippen molar-refractivity contribution in [3.05, 3.63) is 66.7 Å². The first-order valence-corrected chi connectivity index (χ1v) is 9.29. The molecule has 1 fully saturated rings. The first-order chi connectivity index (χ1) is 14.1. The van der Waals surface area contributed by atoms with Crippen molar-refractivity contribution in [1.82, 2.24) is 14.8 Å². The molecule has 4 rings (SSSR count). The van der Waals surface area contributed by atoms with Crippen molar-refractivity contribution in [2.45, 2.75) is 13.0 Å². The number of benzene rings is 2. The molecule has 29 heavy (non-hydrogen) atoms. The molecule has 0 aliphatic carbocycles. The Labute approximate surface area is 168 Å². The van der Waals surface area contributed by atoms with Crippen LogP contribution < -0.4 is 15.0 Å². The van der Waals surface area contributed by atoms with Crippen LogP contribution >= 0.6 is 0 Å². The van der Waals surface area contributed by atoms with Gasteiger partial charge in [0.15, 0.2) is 0 Å². The van der Waals surface area contributed by atoms with Crippen LogP contribution in [0, 0.1) is 5.92 Å². The van der Waals surface area contributed by atoms with Crippen molar-refractivity contribution >= 4 is 23.2 Å². The highest BCUT2D eigenvalue weighted by molar-refractivity contribution is 6.03. The van der Waals surface area contributed by atoms with Crippen LogP contribution in [0.25, 0.3) is 0 Å². The van der Waals surface area contributed by atoms with E-state index in [9.17, 15) is 9.59 Å². The molecule has 1 aliphatic heterocycles. The van der Waals surface area contributed by atoms with Crippen molar-refractivity contribution in [3.63, 3.8) is 0 Å². The van der Waals surface area contributed by atoms with Crippen molar-refractivity contribution in [3.8, 4) is 5.75 Å². The first kappa shape index (κ1) is 18.7. The Balaban J connectivity index is 1.36. The number of aromatic nitrogens is 3. The van der Waals surface area contributed by atoms with Crippen LogP contribution in [0.5, 0.6) is 5.75 Å². The number of methoxy groups -OCH3 is 1. The number of amides is 2. The van der Waals surface area contributed by atoms with Gasteiger partial charge in [0, 0.05) is 24.3 Å². The predicted molar refractivity (Wildman–Crippen MR) is 108 cm³/mol.